The van der Waals surface area contributed by atoms with Gasteiger partial charge < -0.3 is 9.30 Å². The molecule has 94 valence electrons. The Bertz CT molecular complexity index is 632. The van der Waals surface area contributed by atoms with E-state index in [1.807, 2.05) is 0 Å². The van der Waals surface area contributed by atoms with E-state index in [1.54, 1.807) is 26.1 Å². The number of fused-ring (bicyclic) bond motifs is 1. The summed E-state index contributed by atoms with van der Waals surface area (Å²) in [4.78, 5) is 26.0. The van der Waals surface area contributed by atoms with Crippen molar-refractivity contribution in [2.75, 3.05) is 6.61 Å². The third-order valence-corrected chi connectivity index (χ3v) is 2.54. The number of non-ortho nitro benzene ring substituents is 1. The number of nitro groups is 1. The number of para-hydroxylation sites is 1. The van der Waals surface area contributed by atoms with Gasteiger partial charge in [-0.2, -0.15) is 0 Å². The molecular weight excluding hydrogens is 238 g/mol. The molecule has 0 spiro atoms. The van der Waals surface area contributed by atoms with Crippen molar-refractivity contribution in [3.63, 3.8) is 0 Å². The first-order valence-electron chi connectivity index (χ1n) is 5.33. The Hall–Kier alpha value is -2.44. The van der Waals surface area contributed by atoms with Gasteiger partial charge in [0.2, 0.25) is 5.82 Å². The normalized spacial score (nSPS) is 10.6. The Kier molecular flexibility index (Phi) is 2.97. The van der Waals surface area contributed by atoms with Crippen LogP contribution >= 0.6 is 0 Å². The van der Waals surface area contributed by atoms with E-state index in [9.17, 15) is 14.9 Å². The molecule has 0 unspecified atom stereocenters. The molecule has 0 aliphatic rings. The molecule has 0 aliphatic heterocycles. The first-order chi connectivity index (χ1) is 8.56. The Morgan fingerprint density at radius 1 is 1.56 bits per heavy atom. The second-order valence-corrected chi connectivity index (χ2v) is 3.62. The summed E-state index contributed by atoms with van der Waals surface area (Å²) in [5, 5.41) is 10.9. The Balaban J connectivity index is 2.66. The van der Waals surface area contributed by atoms with E-state index in [4.69, 9.17) is 4.74 Å². The monoisotopic (exact) mass is 249 g/mol. The highest BCUT2D eigenvalue weighted by atomic mass is 16.6. The van der Waals surface area contributed by atoms with Crippen molar-refractivity contribution in [3.8, 4) is 0 Å². The maximum Gasteiger partial charge on any atom is 0.374 e. The molecule has 7 nitrogen and oxygen atoms in total. The van der Waals surface area contributed by atoms with E-state index in [1.165, 1.54) is 10.6 Å². The number of aromatic nitrogens is 2. The van der Waals surface area contributed by atoms with Gasteiger partial charge in [-0.05, 0) is 13.0 Å². The lowest BCUT2D eigenvalue weighted by molar-refractivity contribution is -0.383. The maximum atomic E-state index is 11.6. The van der Waals surface area contributed by atoms with Crippen LogP contribution in [0.3, 0.4) is 0 Å². The topological polar surface area (TPSA) is 87.3 Å². The van der Waals surface area contributed by atoms with Gasteiger partial charge in [0.25, 0.3) is 5.69 Å². The fourth-order valence-corrected chi connectivity index (χ4v) is 1.73. The highest BCUT2D eigenvalue weighted by Crippen LogP contribution is 2.25. The Labute approximate surface area is 102 Å². The van der Waals surface area contributed by atoms with Crippen molar-refractivity contribution in [2.24, 2.45) is 7.05 Å². The third kappa shape index (κ3) is 1.79. The number of carbonyl (C=O) groups excluding carboxylic acids is 1. The molecule has 0 bridgehead atoms. The van der Waals surface area contributed by atoms with Crippen LogP contribution in [-0.4, -0.2) is 27.1 Å². The Morgan fingerprint density at radius 2 is 2.28 bits per heavy atom. The summed E-state index contributed by atoms with van der Waals surface area (Å²) in [6, 6.07) is 4.57. The summed E-state index contributed by atoms with van der Waals surface area (Å²) in [5.74, 6) is -0.536. The number of nitrogens with zero attached hydrogens (tertiary/aromatic N) is 3. The largest absolute Gasteiger partial charge is 0.460 e. The summed E-state index contributed by atoms with van der Waals surface area (Å²) >= 11 is 0. The highest BCUT2D eigenvalue weighted by Gasteiger charge is 2.21. The molecular formula is C11H11N3O4. The molecule has 18 heavy (non-hydrogen) atoms. The summed E-state index contributed by atoms with van der Waals surface area (Å²) in [6.45, 7) is 1.91. The van der Waals surface area contributed by atoms with E-state index < -0.39 is 10.9 Å². The molecule has 0 N–H and O–H groups in total. The maximum absolute atomic E-state index is 11.6. The number of hydrogen-bond donors (Lipinski definition) is 0. The van der Waals surface area contributed by atoms with Gasteiger partial charge in [-0.25, -0.2) is 9.78 Å². The van der Waals surface area contributed by atoms with Crippen LogP contribution in [-0.2, 0) is 11.8 Å². The molecule has 7 heteroatoms. The molecule has 1 aromatic heterocycles. The van der Waals surface area contributed by atoms with Gasteiger partial charge in [-0.15, -0.1) is 0 Å². The number of benzene rings is 1. The average molecular weight is 249 g/mol. The number of rotatable bonds is 3. The van der Waals surface area contributed by atoms with E-state index in [2.05, 4.69) is 4.98 Å². The molecule has 0 fully saturated rings. The summed E-state index contributed by atoms with van der Waals surface area (Å²) in [5.41, 5.74) is 0.582. The van der Waals surface area contributed by atoms with Gasteiger partial charge in [-0.1, -0.05) is 6.07 Å². The van der Waals surface area contributed by atoms with Gasteiger partial charge in [0.1, 0.15) is 0 Å². The predicted molar refractivity (Wildman–Crippen MR) is 63.3 cm³/mol. The van der Waals surface area contributed by atoms with Crippen LogP contribution in [0.5, 0.6) is 0 Å². The van der Waals surface area contributed by atoms with Crippen LogP contribution in [0.15, 0.2) is 18.2 Å². The number of esters is 1. The van der Waals surface area contributed by atoms with Gasteiger partial charge in [0.05, 0.1) is 17.0 Å². The minimum atomic E-state index is -0.592. The van der Waals surface area contributed by atoms with Crippen molar-refractivity contribution in [3.05, 3.63) is 34.1 Å². The highest BCUT2D eigenvalue weighted by molar-refractivity contribution is 5.94. The molecule has 0 radical (unpaired) electrons. The second-order valence-electron chi connectivity index (χ2n) is 3.62. The van der Waals surface area contributed by atoms with Crippen LogP contribution in [0, 0.1) is 10.1 Å². The average Bonchev–Trinajstić information content (AvgIpc) is 2.67. The zero-order valence-electron chi connectivity index (χ0n) is 9.91. The van der Waals surface area contributed by atoms with Crippen molar-refractivity contribution in [1.29, 1.82) is 0 Å². The fourth-order valence-electron chi connectivity index (χ4n) is 1.73. The van der Waals surface area contributed by atoms with Gasteiger partial charge in [0.15, 0.2) is 5.52 Å². The lowest BCUT2D eigenvalue weighted by atomic mass is 10.3. The smallest absolute Gasteiger partial charge is 0.374 e. The first-order valence-corrected chi connectivity index (χ1v) is 5.33. The molecule has 0 atom stereocenters. The minimum absolute atomic E-state index is 0.0566. The number of ether oxygens (including phenoxy) is 1. The number of nitro benzene ring substituents is 1. The molecule has 0 aliphatic carbocycles. The zero-order valence-corrected chi connectivity index (χ0v) is 9.91. The number of hydrogen-bond acceptors (Lipinski definition) is 5. The lowest BCUT2D eigenvalue weighted by Crippen LogP contribution is -2.11. The lowest BCUT2D eigenvalue weighted by Gasteiger charge is -2.01. The van der Waals surface area contributed by atoms with E-state index in [-0.39, 0.29) is 23.6 Å². The molecule has 0 amide bonds. The summed E-state index contributed by atoms with van der Waals surface area (Å²) in [6.07, 6.45) is 0. The van der Waals surface area contributed by atoms with Gasteiger partial charge >= 0.3 is 5.97 Å². The first kappa shape index (κ1) is 12.0. The third-order valence-electron chi connectivity index (χ3n) is 2.54. The van der Waals surface area contributed by atoms with Crippen LogP contribution in [0.2, 0.25) is 0 Å². The van der Waals surface area contributed by atoms with E-state index >= 15 is 0 Å². The molecule has 1 heterocycles. The number of imidazole rings is 1. The number of carbonyl (C=O) groups is 1. The molecule has 2 aromatic rings. The van der Waals surface area contributed by atoms with Gasteiger partial charge in [-0.3, -0.25) is 10.1 Å². The summed E-state index contributed by atoms with van der Waals surface area (Å²) in [7, 11) is 1.62. The van der Waals surface area contributed by atoms with Crippen molar-refractivity contribution >= 4 is 22.7 Å². The molecule has 0 saturated carbocycles. The van der Waals surface area contributed by atoms with Crippen LogP contribution in [0.1, 0.15) is 17.5 Å². The van der Waals surface area contributed by atoms with Crippen LogP contribution < -0.4 is 0 Å². The Morgan fingerprint density at radius 3 is 2.89 bits per heavy atom. The van der Waals surface area contributed by atoms with E-state index in [0.29, 0.717) is 5.52 Å². The molecule has 0 saturated heterocycles. The fraction of sp³-hybridized carbons (Fsp3) is 0.273. The standard InChI is InChI=1S/C11H11N3O4/c1-3-18-11(15)10-12-9-7(13(10)2)5-4-6-8(9)14(16)17/h4-6H,3H2,1-2H3. The molecule has 2 rings (SSSR count). The van der Waals surface area contributed by atoms with Crippen molar-refractivity contribution in [2.45, 2.75) is 6.92 Å². The van der Waals surface area contributed by atoms with E-state index in [0.717, 1.165) is 0 Å². The van der Waals surface area contributed by atoms with Crippen molar-refractivity contribution in [1.82, 2.24) is 9.55 Å². The minimum Gasteiger partial charge on any atom is -0.460 e. The summed E-state index contributed by atoms with van der Waals surface area (Å²) < 4.78 is 6.33. The SMILES string of the molecule is CCOC(=O)c1nc2c([N+](=O)[O-])cccc2n1C. The zero-order chi connectivity index (χ0) is 13.3. The quantitative estimate of drug-likeness (QED) is 0.469. The predicted octanol–water partition coefficient (Wildman–Crippen LogP) is 1.66. The van der Waals surface area contributed by atoms with Crippen molar-refractivity contribution < 1.29 is 14.5 Å². The number of aryl methyl sites for hydroxylation is 1. The second kappa shape index (κ2) is 4.44. The van der Waals surface area contributed by atoms with Gasteiger partial charge in [0, 0.05) is 13.1 Å². The van der Waals surface area contributed by atoms with Crippen LogP contribution in [0.25, 0.3) is 11.0 Å². The molecule has 1 aromatic carbocycles. The van der Waals surface area contributed by atoms with Crippen LogP contribution in [0.4, 0.5) is 5.69 Å².